The molecule has 12 heavy (non-hydrogen) atoms. The number of hydrogen-bond acceptors (Lipinski definition) is 6. The predicted octanol–water partition coefficient (Wildman–Crippen LogP) is -3.38. The summed E-state index contributed by atoms with van der Waals surface area (Å²) >= 11 is 0. The third-order valence-electron chi connectivity index (χ3n) is 1.42. The summed E-state index contributed by atoms with van der Waals surface area (Å²) in [5.74, 6) is 0. The maximum atomic E-state index is 9.90. The van der Waals surface area contributed by atoms with Gasteiger partial charge in [0, 0.05) is 0 Å². The molecule has 0 aromatic rings. The van der Waals surface area contributed by atoms with Gasteiger partial charge in [0.1, 0.15) is 24.4 Å². The normalized spacial score (nSPS) is 21.1. The van der Waals surface area contributed by atoms with Gasteiger partial charge in [-0.25, -0.2) is 0 Å². The van der Waals surface area contributed by atoms with Gasteiger partial charge in [0.05, 0.1) is 6.61 Å². The van der Waals surface area contributed by atoms with Crippen LogP contribution < -0.4 is 0 Å². The summed E-state index contributed by atoms with van der Waals surface area (Å²) in [6.45, 7) is -0.760. The van der Waals surface area contributed by atoms with Gasteiger partial charge in [-0.05, 0) is 0 Å². The summed E-state index contributed by atoms with van der Waals surface area (Å²) in [6.07, 6.45) is -6.84. The number of hydrogen-bond donors (Lipinski definition) is 5. The summed E-state index contributed by atoms with van der Waals surface area (Å²) in [5, 5.41) is 43.5. The summed E-state index contributed by atoms with van der Waals surface area (Å²) in [5.41, 5.74) is 0. The fraction of sp³-hybridized carbons (Fsp3) is 0.833. The molecule has 0 aliphatic rings. The third-order valence-corrected chi connectivity index (χ3v) is 1.42. The standard InChI is InChI=1S/C6H12O6/c7-1-3(9)5(11)6(12)4(10)2-8/h1,3-6,8-12H,2H2/t3-,4+,5+,6-/m1/s1/i1+1,2+1,3+1,4+1,5+1,6+1. The lowest BCUT2D eigenvalue weighted by Gasteiger charge is -2.22. The Hall–Kier alpha value is -0.530. The maximum absolute atomic E-state index is 9.90. The van der Waals surface area contributed by atoms with Crippen molar-refractivity contribution in [1.29, 1.82) is 0 Å². The molecule has 6 heteroatoms. The van der Waals surface area contributed by atoms with Crippen LogP contribution in [0.5, 0.6) is 0 Å². The number of aliphatic hydroxyl groups is 5. The van der Waals surface area contributed by atoms with Gasteiger partial charge in [0.25, 0.3) is 0 Å². The van der Waals surface area contributed by atoms with E-state index in [2.05, 4.69) is 0 Å². The molecule has 0 spiro atoms. The quantitative estimate of drug-likeness (QED) is 0.226. The van der Waals surface area contributed by atoms with E-state index in [1.165, 1.54) is 0 Å². The summed E-state index contributed by atoms with van der Waals surface area (Å²) in [6, 6.07) is 0. The highest BCUT2D eigenvalue weighted by molar-refractivity contribution is 5.56. The van der Waals surface area contributed by atoms with E-state index >= 15 is 0 Å². The molecule has 0 aliphatic heterocycles. The highest BCUT2D eigenvalue weighted by atomic mass is 16.6. The lowest BCUT2D eigenvalue weighted by Crippen LogP contribution is -2.46. The van der Waals surface area contributed by atoms with E-state index in [1.54, 1.807) is 0 Å². The van der Waals surface area contributed by atoms with Gasteiger partial charge >= 0.3 is 0 Å². The summed E-state index contributed by atoms with van der Waals surface area (Å²) in [4.78, 5) is 9.90. The van der Waals surface area contributed by atoms with Crippen LogP contribution in [0.4, 0.5) is 0 Å². The van der Waals surface area contributed by atoms with Crippen LogP contribution >= 0.6 is 0 Å². The maximum Gasteiger partial charge on any atom is 0.151 e. The lowest BCUT2D eigenvalue weighted by molar-refractivity contribution is -0.136. The van der Waals surface area contributed by atoms with Crippen LogP contribution in [0.15, 0.2) is 0 Å². The van der Waals surface area contributed by atoms with Gasteiger partial charge in [-0.2, -0.15) is 0 Å². The van der Waals surface area contributed by atoms with Crippen molar-refractivity contribution >= 4 is 6.29 Å². The molecule has 0 saturated carbocycles. The highest BCUT2D eigenvalue weighted by Gasteiger charge is 2.29. The number of aliphatic hydroxyl groups excluding tert-OH is 5. The van der Waals surface area contributed by atoms with Crippen LogP contribution in [0.2, 0.25) is 0 Å². The first-order chi connectivity index (χ1) is 5.54. The Morgan fingerprint density at radius 3 is 1.92 bits per heavy atom. The molecule has 0 aromatic heterocycles. The van der Waals surface area contributed by atoms with E-state index in [1.807, 2.05) is 0 Å². The zero-order valence-corrected chi connectivity index (χ0v) is 6.24. The van der Waals surface area contributed by atoms with Crippen LogP contribution in [0.25, 0.3) is 0 Å². The Bertz CT molecular complexity index is 138. The molecule has 0 saturated heterocycles. The second kappa shape index (κ2) is 5.18. The average Bonchev–Trinajstić information content (AvgIpc) is 2.12. The van der Waals surface area contributed by atoms with E-state index in [4.69, 9.17) is 25.5 Å². The Morgan fingerprint density at radius 1 is 1.08 bits per heavy atom. The molecular weight excluding hydrogens is 174 g/mol. The molecule has 0 rings (SSSR count). The van der Waals surface area contributed by atoms with Gasteiger partial charge in [0.15, 0.2) is 6.29 Å². The second-order valence-corrected chi connectivity index (χ2v) is 2.36. The van der Waals surface area contributed by atoms with Gasteiger partial charge in [-0.3, -0.25) is 0 Å². The molecule has 0 amide bonds. The van der Waals surface area contributed by atoms with Gasteiger partial charge < -0.3 is 30.3 Å². The van der Waals surface area contributed by atoms with Crippen LogP contribution in [-0.4, -0.2) is 62.8 Å². The molecule has 5 N–H and O–H groups in total. The minimum absolute atomic E-state index is 0.0258. The van der Waals surface area contributed by atoms with Crippen molar-refractivity contribution in [2.24, 2.45) is 0 Å². The van der Waals surface area contributed by atoms with Crippen molar-refractivity contribution < 1.29 is 30.3 Å². The molecule has 0 unspecified atom stereocenters. The van der Waals surface area contributed by atoms with Gasteiger partial charge in [0.2, 0.25) is 0 Å². The Balaban J connectivity index is 4.07. The van der Waals surface area contributed by atoms with Crippen molar-refractivity contribution in [2.75, 3.05) is 6.61 Å². The first-order valence-corrected chi connectivity index (χ1v) is 3.33. The SMILES string of the molecule is O=[13CH][13C@@H](O)[13C@H](O)[13C@H](O)[13C@@H](O)[13CH2]O. The molecule has 0 heterocycles. The molecule has 0 aliphatic carbocycles. The second-order valence-electron chi connectivity index (χ2n) is 2.36. The van der Waals surface area contributed by atoms with Crippen molar-refractivity contribution in [2.45, 2.75) is 24.4 Å². The van der Waals surface area contributed by atoms with E-state index in [0.717, 1.165) is 0 Å². The predicted molar refractivity (Wildman–Crippen MR) is 37.2 cm³/mol. The van der Waals surface area contributed by atoms with Crippen molar-refractivity contribution in [1.82, 2.24) is 0 Å². The molecule has 0 bridgehead atoms. The smallest absolute Gasteiger partial charge is 0.151 e. The van der Waals surface area contributed by atoms with E-state index in [-0.39, 0.29) is 6.29 Å². The van der Waals surface area contributed by atoms with Gasteiger partial charge in [-0.1, -0.05) is 0 Å². The Kier molecular flexibility index (Phi) is 4.95. The zero-order chi connectivity index (χ0) is 9.72. The first-order valence-electron chi connectivity index (χ1n) is 3.33. The molecule has 0 radical (unpaired) electrons. The molecule has 4 atom stereocenters. The molecule has 6 nitrogen and oxygen atoms in total. The van der Waals surface area contributed by atoms with E-state index < -0.39 is 31.0 Å². The topological polar surface area (TPSA) is 118 Å². The fourth-order valence-electron chi connectivity index (χ4n) is 0.618. The Labute approximate surface area is 68.7 Å². The van der Waals surface area contributed by atoms with Crippen LogP contribution in [0.3, 0.4) is 0 Å². The zero-order valence-electron chi connectivity index (χ0n) is 6.24. The summed E-state index contributed by atoms with van der Waals surface area (Å²) < 4.78 is 0. The highest BCUT2D eigenvalue weighted by Crippen LogP contribution is 2.02. The monoisotopic (exact) mass is 186 g/mol. The van der Waals surface area contributed by atoms with E-state index in [9.17, 15) is 4.79 Å². The first kappa shape index (κ1) is 11.5. The lowest BCUT2D eigenvalue weighted by atomic mass is 11.0. The fourth-order valence-corrected chi connectivity index (χ4v) is 0.618. The van der Waals surface area contributed by atoms with Crippen LogP contribution in [0.1, 0.15) is 0 Å². The van der Waals surface area contributed by atoms with Crippen LogP contribution in [-0.2, 0) is 4.79 Å². The van der Waals surface area contributed by atoms with Gasteiger partial charge in [-0.15, -0.1) is 0 Å². The largest absolute Gasteiger partial charge is 0.394 e. The van der Waals surface area contributed by atoms with Crippen molar-refractivity contribution in [3.8, 4) is 0 Å². The molecular formula is C6H12O6. The van der Waals surface area contributed by atoms with E-state index in [0.29, 0.717) is 0 Å². The summed E-state index contributed by atoms with van der Waals surface area (Å²) in [7, 11) is 0. The molecule has 0 aromatic carbocycles. The number of rotatable bonds is 5. The number of carbonyl (C=O) groups excluding carboxylic acids is 1. The minimum Gasteiger partial charge on any atom is -0.394 e. The van der Waals surface area contributed by atoms with Crippen molar-refractivity contribution in [3.05, 3.63) is 0 Å². The molecule has 72 valence electrons. The minimum atomic E-state index is -1.79. The number of carbonyl (C=O) groups is 1. The average molecular weight is 186 g/mol. The van der Waals surface area contributed by atoms with Crippen LogP contribution in [0, 0.1) is 0 Å². The molecule has 0 fully saturated rings. The number of aldehydes is 1. The van der Waals surface area contributed by atoms with Crippen molar-refractivity contribution in [3.63, 3.8) is 0 Å². The Morgan fingerprint density at radius 2 is 1.58 bits per heavy atom. The third kappa shape index (κ3) is 2.84.